The summed E-state index contributed by atoms with van der Waals surface area (Å²) in [6, 6.07) is 23.1. The van der Waals surface area contributed by atoms with Gasteiger partial charge in [-0.25, -0.2) is 5.43 Å². The standard InChI is InChI=1S/C20H15N3O3/c24-20(18-10-12-19(13-11-18)23(25)26)22-21-14-15-6-8-17(9-7-15)16-4-2-1-3-5-16/h1-14H,(H,22,24)/b21-14-. The molecule has 1 N–H and O–H groups in total. The SMILES string of the molecule is O=C(N/N=C\c1ccc(-c2ccccc2)cc1)c1ccc([N+](=O)[O-])cc1. The van der Waals surface area contributed by atoms with Crippen molar-refractivity contribution in [3.8, 4) is 11.1 Å². The summed E-state index contributed by atoms with van der Waals surface area (Å²) in [5, 5.41) is 14.5. The number of nitro benzene ring substituents is 1. The highest BCUT2D eigenvalue weighted by molar-refractivity contribution is 5.95. The Balaban J connectivity index is 1.61. The van der Waals surface area contributed by atoms with Crippen LogP contribution >= 0.6 is 0 Å². The van der Waals surface area contributed by atoms with Gasteiger partial charge in [0.2, 0.25) is 0 Å². The fraction of sp³-hybridized carbons (Fsp3) is 0. The van der Waals surface area contributed by atoms with Crippen molar-refractivity contribution in [2.45, 2.75) is 0 Å². The van der Waals surface area contributed by atoms with E-state index in [0.29, 0.717) is 5.56 Å². The first-order valence-electron chi connectivity index (χ1n) is 7.87. The number of rotatable bonds is 5. The number of hydrazone groups is 1. The highest BCUT2D eigenvalue weighted by Crippen LogP contribution is 2.18. The van der Waals surface area contributed by atoms with Gasteiger partial charge in [0, 0.05) is 17.7 Å². The first kappa shape index (κ1) is 17.0. The minimum Gasteiger partial charge on any atom is -0.267 e. The summed E-state index contributed by atoms with van der Waals surface area (Å²) in [5.74, 6) is -0.433. The lowest BCUT2D eigenvalue weighted by molar-refractivity contribution is -0.384. The molecule has 128 valence electrons. The molecule has 0 saturated carbocycles. The molecule has 0 heterocycles. The van der Waals surface area contributed by atoms with Gasteiger partial charge in [-0.05, 0) is 28.8 Å². The molecule has 1 amide bonds. The number of carbonyl (C=O) groups excluding carboxylic acids is 1. The summed E-state index contributed by atoms with van der Waals surface area (Å²) >= 11 is 0. The van der Waals surface area contributed by atoms with E-state index < -0.39 is 10.8 Å². The number of carbonyl (C=O) groups is 1. The van der Waals surface area contributed by atoms with Crippen molar-refractivity contribution in [2.24, 2.45) is 5.10 Å². The molecule has 0 atom stereocenters. The van der Waals surface area contributed by atoms with Crippen LogP contribution in [0.25, 0.3) is 11.1 Å². The van der Waals surface area contributed by atoms with Crippen LogP contribution in [-0.2, 0) is 0 Å². The number of benzene rings is 3. The van der Waals surface area contributed by atoms with E-state index in [1.54, 1.807) is 0 Å². The Morgan fingerprint density at radius 1 is 0.885 bits per heavy atom. The third kappa shape index (κ3) is 4.18. The van der Waals surface area contributed by atoms with Crippen LogP contribution < -0.4 is 5.43 Å². The molecule has 3 aromatic carbocycles. The van der Waals surface area contributed by atoms with E-state index in [2.05, 4.69) is 10.5 Å². The van der Waals surface area contributed by atoms with Gasteiger partial charge in [-0.2, -0.15) is 5.10 Å². The van der Waals surface area contributed by atoms with Crippen LogP contribution in [-0.4, -0.2) is 17.0 Å². The summed E-state index contributed by atoms with van der Waals surface area (Å²) in [6.07, 6.45) is 1.54. The average Bonchev–Trinajstić information content (AvgIpc) is 2.69. The van der Waals surface area contributed by atoms with E-state index in [1.807, 2.05) is 54.6 Å². The van der Waals surface area contributed by atoms with Crippen molar-refractivity contribution in [3.63, 3.8) is 0 Å². The van der Waals surface area contributed by atoms with Crippen molar-refractivity contribution in [3.05, 3.63) is 100 Å². The molecule has 0 fully saturated rings. The maximum absolute atomic E-state index is 12.0. The Morgan fingerprint density at radius 2 is 1.50 bits per heavy atom. The highest BCUT2D eigenvalue weighted by atomic mass is 16.6. The summed E-state index contributed by atoms with van der Waals surface area (Å²) in [4.78, 5) is 22.1. The zero-order chi connectivity index (χ0) is 18.4. The molecule has 0 saturated heterocycles. The van der Waals surface area contributed by atoms with Gasteiger partial charge in [0.05, 0.1) is 11.1 Å². The molecule has 0 spiro atoms. The Labute approximate surface area is 150 Å². The molecule has 6 heteroatoms. The second-order valence-corrected chi connectivity index (χ2v) is 5.49. The van der Waals surface area contributed by atoms with Gasteiger partial charge in [0.1, 0.15) is 0 Å². The van der Waals surface area contributed by atoms with E-state index in [9.17, 15) is 14.9 Å². The first-order chi connectivity index (χ1) is 12.6. The molecule has 6 nitrogen and oxygen atoms in total. The van der Waals surface area contributed by atoms with E-state index >= 15 is 0 Å². The smallest absolute Gasteiger partial charge is 0.267 e. The first-order valence-corrected chi connectivity index (χ1v) is 7.87. The molecule has 0 aliphatic carbocycles. The van der Waals surface area contributed by atoms with E-state index in [-0.39, 0.29) is 5.69 Å². The zero-order valence-corrected chi connectivity index (χ0v) is 13.7. The van der Waals surface area contributed by atoms with Gasteiger partial charge < -0.3 is 0 Å². The van der Waals surface area contributed by atoms with Crippen molar-refractivity contribution >= 4 is 17.8 Å². The molecule has 0 aliphatic heterocycles. The van der Waals surface area contributed by atoms with E-state index in [4.69, 9.17) is 0 Å². The predicted octanol–water partition coefficient (Wildman–Crippen LogP) is 4.03. The fourth-order valence-corrected chi connectivity index (χ4v) is 2.36. The van der Waals surface area contributed by atoms with Crippen LogP contribution in [0, 0.1) is 10.1 Å². The second-order valence-electron chi connectivity index (χ2n) is 5.49. The van der Waals surface area contributed by atoms with E-state index in [1.165, 1.54) is 30.5 Å². The molecular formula is C20H15N3O3. The Bertz CT molecular complexity index is 934. The Hall–Kier alpha value is -3.80. The number of nitrogens with zero attached hydrogens (tertiary/aromatic N) is 2. The minimum absolute atomic E-state index is 0.0662. The summed E-state index contributed by atoms with van der Waals surface area (Å²) in [6.45, 7) is 0. The number of hydrogen-bond donors (Lipinski definition) is 1. The predicted molar refractivity (Wildman–Crippen MR) is 100 cm³/mol. The van der Waals surface area contributed by atoms with Crippen molar-refractivity contribution in [1.29, 1.82) is 0 Å². The van der Waals surface area contributed by atoms with Gasteiger partial charge in [-0.3, -0.25) is 14.9 Å². The lowest BCUT2D eigenvalue weighted by Crippen LogP contribution is -2.17. The largest absolute Gasteiger partial charge is 0.271 e. The number of non-ortho nitro benzene ring substituents is 1. The normalized spacial score (nSPS) is 10.6. The molecule has 0 bridgehead atoms. The Morgan fingerprint density at radius 3 is 2.12 bits per heavy atom. The molecule has 0 unspecified atom stereocenters. The maximum atomic E-state index is 12.0. The molecule has 0 aromatic heterocycles. The Kier molecular flexibility index (Phi) is 5.14. The molecular weight excluding hydrogens is 330 g/mol. The molecule has 3 aromatic rings. The monoisotopic (exact) mass is 345 g/mol. The van der Waals surface area contributed by atoms with Crippen LogP contribution in [0.3, 0.4) is 0 Å². The van der Waals surface area contributed by atoms with Crippen molar-refractivity contribution < 1.29 is 9.72 Å². The topological polar surface area (TPSA) is 84.6 Å². The average molecular weight is 345 g/mol. The molecule has 0 radical (unpaired) electrons. The zero-order valence-electron chi connectivity index (χ0n) is 13.7. The lowest BCUT2D eigenvalue weighted by Gasteiger charge is -2.02. The lowest BCUT2D eigenvalue weighted by atomic mass is 10.0. The number of hydrogen-bond acceptors (Lipinski definition) is 4. The highest BCUT2D eigenvalue weighted by Gasteiger charge is 2.08. The summed E-state index contributed by atoms with van der Waals surface area (Å²) in [5.41, 5.74) is 5.70. The van der Waals surface area contributed by atoms with Gasteiger partial charge in [-0.1, -0.05) is 54.6 Å². The molecule has 0 aliphatic rings. The fourth-order valence-electron chi connectivity index (χ4n) is 2.36. The summed E-state index contributed by atoms with van der Waals surface area (Å²) in [7, 11) is 0. The third-order valence-corrected chi connectivity index (χ3v) is 3.74. The summed E-state index contributed by atoms with van der Waals surface area (Å²) < 4.78 is 0. The molecule has 26 heavy (non-hydrogen) atoms. The van der Waals surface area contributed by atoms with Crippen LogP contribution in [0.15, 0.2) is 84.0 Å². The van der Waals surface area contributed by atoms with Crippen LogP contribution in [0.4, 0.5) is 5.69 Å². The van der Waals surface area contributed by atoms with Crippen LogP contribution in [0.2, 0.25) is 0 Å². The quantitative estimate of drug-likeness (QED) is 0.430. The maximum Gasteiger partial charge on any atom is 0.271 e. The minimum atomic E-state index is -0.515. The van der Waals surface area contributed by atoms with Gasteiger partial charge in [0.25, 0.3) is 11.6 Å². The third-order valence-electron chi connectivity index (χ3n) is 3.74. The number of nitro groups is 1. The molecule has 3 rings (SSSR count). The van der Waals surface area contributed by atoms with Gasteiger partial charge in [-0.15, -0.1) is 0 Å². The van der Waals surface area contributed by atoms with Gasteiger partial charge >= 0.3 is 0 Å². The second kappa shape index (κ2) is 7.85. The van der Waals surface area contributed by atoms with Crippen LogP contribution in [0.5, 0.6) is 0 Å². The number of nitrogens with one attached hydrogen (secondary N) is 1. The van der Waals surface area contributed by atoms with Crippen LogP contribution in [0.1, 0.15) is 15.9 Å². The van der Waals surface area contributed by atoms with E-state index in [0.717, 1.165) is 16.7 Å². The van der Waals surface area contributed by atoms with Crippen molar-refractivity contribution in [2.75, 3.05) is 0 Å². The number of amides is 1. The van der Waals surface area contributed by atoms with Crippen molar-refractivity contribution in [1.82, 2.24) is 5.43 Å². The van der Waals surface area contributed by atoms with Gasteiger partial charge in [0.15, 0.2) is 0 Å².